The highest BCUT2D eigenvalue weighted by atomic mass is 79.9. The molecule has 0 aliphatic carbocycles. The van der Waals surface area contributed by atoms with Crippen molar-refractivity contribution in [2.45, 2.75) is 12.6 Å². The van der Waals surface area contributed by atoms with E-state index < -0.39 is 23.6 Å². The number of benzene rings is 3. The number of aromatic nitrogens is 2. The van der Waals surface area contributed by atoms with Gasteiger partial charge in [-0.2, -0.15) is 0 Å². The van der Waals surface area contributed by atoms with Gasteiger partial charge in [-0.25, -0.2) is 4.98 Å². The number of carbonyl (C=O) groups excluding carboxylic acids is 3. The summed E-state index contributed by atoms with van der Waals surface area (Å²) in [5.41, 5.74) is 3.72. The van der Waals surface area contributed by atoms with Crippen LogP contribution in [0.2, 0.25) is 5.02 Å². The van der Waals surface area contributed by atoms with Gasteiger partial charge in [-0.1, -0.05) is 63.9 Å². The predicted octanol–water partition coefficient (Wildman–Crippen LogP) is 5.08. The SMILES string of the molecule is O=C1C(=O)N(C(C(=O)NCc2cccc(Cl)c2)c2ccc(-c3cnc[nH]3)cc2)c2ccc(Br)cc21. The Hall–Kier alpha value is -3.75. The number of halogens is 2. The summed E-state index contributed by atoms with van der Waals surface area (Å²) in [4.78, 5) is 47.8. The number of nitrogens with one attached hydrogen (secondary N) is 2. The fourth-order valence-corrected chi connectivity index (χ4v) is 4.67. The second-order valence-corrected chi connectivity index (χ2v) is 9.36. The lowest BCUT2D eigenvalue weighted by molar-refractivity contribution is -0.125. The minimum atomic E-state index is -1.05. The predicted molar refractivity (Wildman–Crippen MR) is 136 cm³/mol. The summed E-state index contributed by atoms with van der Waals surface area (Å²) < 4.78 is 0.671. The molecule has 3 aromatic carbocycles. The van der Waals surface area contributed by atoms with Crippen molar-refractivity contribution in [1.82, 2.24) is 15.3 Å². The topological polar surface area (TPSA) is 95.2 Å². The van der Waals surface area contributed by atoms with Crippen molar-refractivity contribution >= 4 is 50.8 Å². The van der Waals surface area contributed by atoms with Crippen LogP contribution in [0.3, 0.4) is 0 Å². The maximum Gasteiger partial charge on any atom is 0.300 e. The molecule has 1 unspecified atom stereocenters. The molecular formula is C26H18BrClN4O3. The zero-order valence-electron chi connectivity index (χ0n) is 18.2. The lowest BCUT2D eigenvalue weighted by atomic mass is 10.0. The van der Waals surface area contributed by atoms with Crippen LogP contribution in [0.1, 0.15) is 27.5 Å². The highest BCUT2D eigenvalue weighted by Gasteiger charge is 2.43. The standard InChI is InChI=1S/C26H18BrClN4O3/c27-18-8-9-22-20(11-18)24(33)26(35)32(22)23(25(34)30-12-15-2-1-3-19(28)10-15)17-6-4-16(5-7-17)21-13-29-14-31-21/h1-11,13-14,23H,12H2,(H,29,31)(H,30,34). The molecule has 35 heavy (non-hydrogen) atoms. The van der Waals surface area contributed by atoms with Gasteiger partial charge >= 0.3 is 0 Å². The molecule has 9 heteroatoms. The molecule has 0 radical (unpaired) electrons. The first kappa shape index (κ1) is 23.0. The number of amides is 2. The van der Waals surface area contributed by atoms with E-state index in [1.165, 1.54) is 4.90 Å². The monoisotopic (exact) mass is 548 g/mol. The Balaban J connectivity index is 1.52. The van der Waals surface area contributed by atoms with Crippen LogP contribution in [0.15, 0.2) is 83.7 Å². The van der Waals surface area contributed by atoms with Crippen LogP contribution in [0.25, 0.3) is 11.3 Å². The molecule has 0 saturated heterocycles. The molecule has 2 N–H and O–H groups in total. The number of fused-ring (bicyclic) bond motifs is 1. The van der Waals surface area contributed by atoms with Gasteiger partial charge in [0.05, 0.1) is 29.5 Å². The van der Waals surface area contributed by atoms with Crippen molar-refractivity contribution in [3.63, 3.8) is 0 Å². The van der Waals surface area contributed by atoms with Crippen LogP contribution in [-0.2, 0) is 16.1 Å². The van der Waals surface area contributed by atoms with Crippen LogP contribution in [0.5, 0.6) is 0 Å². The molecule has 7 nitrogen and oxygen atoms in total. The zero-order chi connectivity index (χ0) is 24.5. The summed E-state index contributed by atoms with van der Waals surface area (Å²) in [6.07, 6.45) is 3.28. The van der Waals surface area contributed by atoms with E-state index in [1.807, 2.05) is 18.2 Å². The Bertz CT molecular complexity index is 1440. The average molecular weight is 550 g/mol. The molecule has 1 aromatic heterocycles. The van der Waals surface area contributed by atoms with Crippen molar-refractivity contribution in [2.75, 3.05) is 4.90 Å². The largest absolute Gasteiger partial charge is 0.350 e. The number of ketones is 1. The zero-order valence-corrected chi connectivity index (χ0v) is 20.5. The molecular weight excluding hydrogens is 532 g/mol. The first-order valence-electron chi connectivity index (χ1n) is 10.7. The number of Topliss-reactive ketones (excluding diaryl/α,β-unsaturated/α-hetero) is 1. The van der Waals surface area contributed by atoms with E-state index in [2.05, 4.69) is 31.2 Å². The number of nitrogens with zero attached hydrogens (tertiary/aromatic N) is 2. The minimum Gasteiger partial charge on any atom is -0.350 e. The molecule has 1 aliphatic heterocycles. The number of hydrogen-bond donors (Lipinski definition) is 2. The van der Waals surface area contributed by atoms with Gasteiger partial charge in [-0.3, -0.25) is 19.3 Å². The number of H-pyrrole nitrogens is 1. The molecule has 4 aromatic rings. The second kappa shape index (κ2) is 9.48. The molecule has 1 atom stereocenters. The smallest absolute Gasteiger partial charge is 0.300 e. The number of anilines is 1. The Morgan fingerprint density at radius 3 is 2.60 bits per heavy atom. The van der Waals surface area contributed by atoms with Crippen LogP contribution in [0.4, 0.5) is 5.69 Å². The maximum absolute atomic E-state index is 13.6. The third kappa shape index (κ3) is 4.50. The summed E-state index contributed by atoms with van der Waals surface area (Å²) in [5, 5.41) is 3.45. The van der Waals surface area contributed by atoms with Crippen molar-refractivity contribution in [2.24, 2.45) is 0 Å². The molecule has 0 fully saturated rings. The molecule has 2 heterocycles. The number of imidazole rings is 1. The van der Waals surface area contributed by atoms with Gasteiger partial charge in [0.25, 0.3) is 11.7 Å². The van der Waals surface area contributed by atoms with Crippen LogP contribution < -0.4 is 10.2 Å². The van der Waals surface area contributed by atoms with Gasteiger partial charge in [-0.15, -0.1) is 0 Å². The molecule has 0 spiro atoms. The number of rotatable bonds is 6. The van der Waals surface area contributed by atoms with E-state index in [1.54, 1.807) is 61.1 Å². The van der Waals surface area contributed by atoms with E-state index in [0.29, 0.717) is 20.7 Å². The molecule has 1 aliphatic rings. The van der Waals surface area contributed by atoms with Gasteiger partial charge in [0, 0.05) is 16.0 Å². The number of aromatic amines is 1. The normalized spacial score (nSPS) is 13.6. The quantitative estimate of drug-likeness (QED) is 0.328. The Labute approximate surface area is 214 Å². The third-order valence-electron chi connectivity index (χ3n) is 5.77. The lowest BCUT2D eigenvalue weighted by Crippen LogP contribution is -2.43. The van der Waals surface area contributed by atoms with E-state index in [-0.39, 0.29) is 12.1 Å². The van der Waals surface area contributed by atoms with Gasteiger partial charge in [0.1, 0.15) is 6.04 Å². The first-order chi connectivity index (χ1) is 16.9. The number of carbonyl (C=O) groups is 3. The summed E-state index contributed by atoms with van der Waals surface area (Å²) in [6.45, 7) is 0.214. The lowest BCUT2D eigenvalue weighted by Gasteiger charge is -2.27. The molecule has 0 saturated carbocycles. The van der Waals surface area contributed by atoms with Crippen molar-refractivity contribution in [3.8, 4) is 11.3 Å². The maximum atomic E-state index is 13.6. The Kier molecular flexibility index (Phi) is 6.23. The molecule has 174 valence electrons. The molecule has 5 rings (SSSR count). The third-order valence-corrected chi connectivity index (χ3v) is 6.50. The van der Waals surface area contributed by atoms with Crippen LogP contribution >= 0.6 is 27.5 Å². The first-order valence-corrected chi connectivity index (χ1v) is 11.9. The van der Waals surface area contributed by atoms with E-state index in [0.717, 1.165) is 16.8 Å². The minimum absolute atomic E-state index is 0.214. The Morgan fingerprint density at radius 2 is 1.89 bits per heavy atom. The number of hydrogen-bond acceptors (Lipinski definition) is 4. The van der Waals surface area contributed by atoms with Gasteiger partial charge in [0.2, 0.25) is 5.91 Å². The summed E-state index contributed by atoms with van der Waals surface area (Å²) in [7, 11) is 0. The van der Waals surface area contributed by atoms with Gasteiger partial charge in [-0.05, 0) is 47.0 Å². The highest BCUT2D eigenvalue weighted by molar-refractivity contribution is 9.10. The van der Waals surface area contributed by atoms with Crippen LogP contribution in [0, 0.1) is 0 Å². The van der Waals surface area contributed by atoms with Crippen molar-refractivity contribution in [1.29, 1.82) is 0 Å². The summed E-state index contributed by atoms with van der Waals surface area (Å²) in [5.74, 6) is -1.82. The van der Waals surface area contributed by atoms with Crippen molar-refractivity contribution in [3.05, 3.63) is 105 Å². The van der Waals surface area contributed by atoms with E-state index in [4.69, 9.17) is 11.6 Å². The van der Waals surface area contributed by atoms with E-state index in [9.17, 15) is 14.4 Å². The van der Waals surface area contributed by atoms with Crippen LogP contribution in [-0.4, -0.2) is 27.6 Å². The van der Waals surface area contributed by atoms with Crippen molar-refractivity contribution < 1.29 is 14.4 Å². The summed E-state index contributed by atoms with van der Waals surface area (Å²) in [6, 6.07) is 18.3. The van der Waals surface area contributed by atoms with Gasteiger partial charge in [0.15, 0.2) is 0 Å². The van der Waals surface area contributed by atoms with Gasteiger partial charge < -0.3 is 10.3 Å². The van der Waals surface area contributed by atoms with E-state index >= 15 is 0 Å². The summed E-state index contributed by atoms with van der Waals surface area (Å²) >= 11 is 9.42. The fraction of sp³-hybridized carbons (Fsp3) is 0.0769. The Morgan fingerprint density at radius 1 is 1.09 bits per heavy atom. The molecule has 2 amide bonds. The average Bonchev–Trinajstić information content (AvgIpc) is 3.47. The molecule has 0 bridgehead atoms. The fourth-order valence-electron chi connectivity index (χ4n) is 4.10. The highest BCUT2D eigenvalue weighted by Crippen LogP contribution is 2.38. The second-order valence-electron chi connectivity index (χ2n) is 8.00.